The van der Waals surface area contributed by atoms with Crippen LogP contribution in [0.15, 0.2) is 54.6 Å². The lowest BCUT2D eigenvalue weighted by Crippen LogP contribution is -2.52. The molecule has 1 atom stereocenters. The number of nitrogens with one attached hydrogen (secondary N) is 1. The molecule has 0 saturated carbocycles. The Morgan fingerprint density at radius 3 is 2.27 bits per heavy atom. The number of aryl methyl sites for hydroxylation is 1. The van der Waals surface area contributed by atoms with Crippen LogP contribution in [0.1, 0.15) is 37.8 Å². The van der Waals surface area contributed by atoms with E-state index >= 15 is 0 Å². The first-order chi connectivity index (χ1) is 15.6. The van der Waals surface area contributed by atoms with E-state index in [0.29, 0.717) is 25.2 Å². The standard InChI is InChI=1S/C25H35N3O4S/c1-5-6-17-26-25(30)21(3)27(18-16-22-13-8-7-9-14-22)24(29)19-28(33(4,31)32)23-15-11-10-12-20(23)2/h7-15,21H,5-6,16-19H2,1-4H3,(H,26,30)/t21-/m1/s1. The zero-order valence-electron chi connectivity index (χ0n) is 20.0. The lowest BCUT2D eigenvalue weighted by Gasteiger charge is -2.32. The maximum Gasteiger partial charge on any atom is 0.244 e. The topological polar surface area (TPSA) is 86.8 Å². The van der Waals surface area contributed by atoms with Crippen LogP contribution in [0.4, 0.5) is 5.69 Å². The molecule has 1 N–H and O–H groups in total. The Balaban J connectivity index is 2.28. The van der Waals surface area contributed by atoms with Crippen LogP contribution in [0.5, 0.6) is 0 Å². The van der Waals surface area contributed by atoms with E-state index in [0.717, 1.165) is 34.5 Å². The number of carbonyl (C=O) groups excluding carboxylic acids is 2. The summed E-state index contributed by atoms with van der Waals surface area (Å²) in [6, 6.07) is 16.0. The van der Waals surface area contributed by atoms with E-state index in [1.807, 2.05) is 43.3 Å². The van der Waals surface area contributed by atoms with E-state index in [1.54, 1.807) is 32.0 Å². The number of nitrogens with zero attached hydrogens (tertiary/aromatic N) is 2. The van der Waals surface area contributed by atoms with Gasteiger partial charge in [0.15, 0.2) is 0 Å². The van der Waals surface area contributed by atoms with Crippen LogP contribution in [0.25, 0.3) is 0 Å². The van der Waals surface area contributed by atoms with Crippen molar-refractivity contribution in [3.63, 3.8) is 0 Å². The Hall–Kier alpha value is -2.87. The van der Waals surface area contributed by atoms with Gasteiger partial charge in [-0.05, 0) is 43.9 Å². The molecule has 0 heterocycles. The molecule has 180 valence electrons. The monoisotopic (exact) mass is 473 g/mol. The third-order valence-corrected chi connectivity index (χ3v) is 6.67. The van der Waals surface area contributed by atoms with Gasteiger partial charge < -0.3 is 10.2 Å². The molecule has 0 aliphatic heterocycles. The van der Waals surface area contributed by atoms with Crippen LogP contribution in [0.2, 0.25) is 0 Å². The van der Waals surface area contributed by atoms with E-state index in [2.05, 4.69) is 5.32 Å². The van der Waals surface area contributed by atoms with Gasteiger partial charge in [0.2, 0.25) is 21.8 Å². The summed E-state index contributed by atoms with van der Waals surface area (Å²) in [5, 5.41) is 2.88. The van der Waals surface area contributed by atoms with Crippen molar-refractivity contribution < 1.29 is 18.0 Å². The van der Waals surface area contributed by atoms with Crippen LogP contribution in [-0.2, 0) is 26.0 Å². The molecule has 2 aromatic carbocycles. The molecule has 2 amide bonds. The Bertz CT molecular complexity index is 1020. The van der Waals surface area contributed by atoms with E-state index in [4.69, 9.17) is 0 Å². The number of anilines is 1. The molecule has 8 heteroatoms. The molecule has 0 saturated heterocycles. The minimum Gasteiger partial charge on any atom is -0.354 e. The average Bonchev–Trinajstić information content (AvgIpc) is 2.78. The van der Waals surface area contributed by atoms with Gasteiger partial charge in [0.1, 0.15) is 12.6 Å². The molecule has 0 radical (unpaired) electrons. The number of hydrogen-bond donors (Lipinski definition) is 1. The molecule has 0 aromatic heterocycles. The number of amides is 2. The molecular weight excluding hydrogens is 438 g/mol. The second-order valence-corrected chi connectivity index (χ2v) is 10.1. The Labute approximate surface area is 197 Å². The lowest BCUT2D eigenvalue weighted by atomic mass is 10.1. The predicted octanol–water partition coefficient (Wildman–Crippen LogP) is 3.14. The fraction of sp³-hybridized carbons (Fsp3) is 0.440. The zero-order valence-corrected chi connectivity index (χ0v) is 20.8. The number of unbranched alkanes of at least 4 members (excludes halogenated alkanes) is 1. The number of para-hydroxylation sites is 1. The molecule has 0 aliphatic carbocycles. The lowest BCUT2D eigenvalue weighted by molar-refractivity contribution is -0.138. The van der Waals surface area contributed by atoms with Gasteiger partial charge >= 0.3 is 0 Å². The summed E-state index contributed by atoms with van der Waals surface area (Å²) in [7, 11) is -3.71. The van der Waals surface area contributed by atoms with Crippen molar-refractivity contribution in [2.45, 2.75) is 46.1 Å². The summed E-state index contributed by atoms with van der Waals surface area (Å²) in [5.41, 5.74) is 2.24. The maximum absolute atomic E-state index is 13.4. The van der Waals surface area contributed by atoms with Gasteiger partial charge in [0.25, 0.3) is 0 Å². The molecule has 0 unspecified atom stereocenters. The molecule has 7 nitrogen and oxygen atoms in total. The van der Waals surface area contributed by atoms with Crippen molar-refractivity contribution in [1.29, 1.82) is 0 Å². The Morgan fingerprint density at radius 1 is 1.03 bits per heavy atom. The summed E-state index contributed by atoms with van der Waals surface area (Å²) >= 11 is 0. The second kappa shape index (κ2) is 12.4. The van der Waals surface area contributed by atoms with Crippen molar-refractivity contribution >= 4 is 27.5 Å². The van der Waals surface area contributed by atoms with E-state index < -0.39 is 22.0 Å². The molecule has 0 spiro atoms. The van der Waals surface area contributed by atoms with Gasteiger partial charge in [-0.1, -0.05) is 61.9 Å². The SMILES string of the molecule is CCCCNC(=O)[C@@H](C)N(CCc1ccccc1)C(=O)CN(c1ccccc1C)S(C)(=O)=O. The van der Waals surface area contributed by atoms with Crippen LogP contribution in [0.3, 0.4) is 0 Å². The summed E-state index contributed by atoms with van der Waals surface area (Å²) in [5.74, 6) is -0.663. The number of benzene rings is 2. The first-order valence-corrected chi connectivity index (χ1v) is 13.1. The normalized spacial score (nSPS) is 12.1. The van der Waals surface area contributed by atoms with Crippen LogP contribution in [-0.4, -0.2) is 57.1 Å². The number of rotatable bonds is 12. The molecule has 0 aliphatic rings. The summed E-state index contributed by atoms with van der Waals surface area (Å²) in [6.45, 7) is 6.00. The predicted molar refractivity (Wildman–Crippen MR) is 133 cm³/mol. The third-order valence-electron chi connectivity index (χ3n) is 5.54. The van der Waals surface area contributed by atoms with Crippen molar-refractivity contribution in [1.82, 2.24) is 10.2 Å². The third kappa shape index (κ3) is 7.89. The number of sulfonamides is 1. The van der Waals surface area contributed by atoms with Gasteiger partial charge in [0, 0.05) is 13.1 Å². The maximum atomic E-state index is 13.4. The Kier molecular flexibility index (Phi) is 9.91. The van der Waals surface area contributed by atoms with Crippen LogP contribution >= 0.6 is 0 Å². The fourth-order valence-electron chi connectivity index (χ4n) is 3.54. The first kappa shape index (κ1) is 26.4. The summed E-state index contributed by atoms with van der Waals surface area (Å²) in [6.07, 6.45) is 3.45. The molecular formula is C25H35N3O4S. The van der Waals surface area contributed by atoms with Gasteiger partial charge in [0.05, 0.1) is 11.9 Å². The van der Waals surface area contributed by atoms with Gasteiger partial charge in [-0.25, -0.2) is 8.42 Å². The van der Waals surface area contributed by atoms with Crippen molar-refractivity contribution in [3.05, 3.63) is 65.7 Å². The second-order valence-electron chi connectivity index (χ2n) is 8.20. The first-order valence-electron chi connectivity index (χ1n) is 11.3. The smallest absolute Gasteiger partial charge is 0.244 e. The van der Waals surface area contributed by atoms with E-state index in [-0.39, 0.29) is 12.5 Å². The minimum absolute atomic E-state index is 0.244. The summed E-state index contributed by atoms with van der Waals surface area (Å²) in [4.78, 5) is 27.6. The zero-order chi connectivity index (χ0) is 24.4. The molecule has 2 aromatic rings. The molecule has 2 rings (SSSR count). The summed E-state index contributed by atoms with van der Waals surface area (Å²) < 4.78 is 26.3. The van der Waals surface area contributed by atoms with Crippen molar-refractivity contribution in [2.75, 3.05) is 30.2 Å². The highest BCUT2D eigenvalue weighted by atomic mass is 32.2. The largest absolute Gasteiger partial charge is 0.354 e. The molecule has 0 fully saturated rings. The minimum atomic E-state index is -3.71. The van der Waals surface area contributed by atoms with Crippen LogP contribution < -0.4 is 9.62 Å². The Morgan fingerprint density at radius 2 is 1.67 bits per heavy atom. The van der Waals surface area contributed by atoms with Gasteiger partial charge in [-0.2, -0.15) is 0 Å². The van der Waals surface area contributed by atoms with Crippen molar-refractivity contribution in [3.8, 4) is 0 Å². The van der Waals surface area contributed by atoms with Crippen LogP contribution in [0, 0.1) is 6.92 Å². The highest BCUT2D eigenvalue weighted by molar-refractivity contribution is 7.92. The number of hydrogen-bond acceptors (Lipinski definition) is 4. The average molecular weight is 474 g/mol. The van der Waals surface area contributed by atoms with E-state index in [9.17, 15) is 18.0 Å². The van der Waals surface area contributed by atoms with Crippen molar-refractivity contribution in [2.24, 2.45) is 0 Å². The van der Waals surface area contributed by atoms with Gasteiger partial charge in [-0.3, -0.25) is 13.9 Å². The number of carbonyl (C=O) groups is 2. The fourth-order valence-corrected chi connectivity index (χ4v) is 4.45. The molecule has 33 heavy (non-hydrogen) atoms. The quantitative estimate of drug-likeness (QED) is 0.480. The highest BCUT2D eigenvalue weighted by Gasteiger charge is 2.30. The van der Waals surface area contributed by atoms with Gasteiger partial charge in [-0.15, -0.1) is 0 Å². The van der Waals surface area contributed by atoms with E-state index in [1.165, 1.54) is 4.90 Å². The molecule has 0 bridgehead atoms. The highest BCUT2D eigenvalue weighted by Crippen LogP contribution is 2.22.